The molecule has 0 aromatic carbocycles. The Labute approximate surface area is 90.5 Å². The molecule has 2 nitrogen and oxygen atoms in total. The zero-order valence-corrected chi connectivity index (χ0v) is 9.86. The highest BCUT2D eigenvalue weighted by molar-refractivity contribution is 7.10. The molecule has 1 atom stereocenters. The molecule has 3 N–H and O–H groups in total. The first kappa shape index (κ1) is 11.5. The summed E-state index contributed by atoms with van der Waals surface area (Å²) >= 11 is 1.73. The average molecular weight is 212 g/mol. The molecule has 0 bridgehead atoms. The van der Waals surface area contributed by atoms with E-state index in [4.69, 9.17) is 5.73 Å². The van der Waals surface area contributed by atoms with Crippen molar-refractivity contribution in [1.82, 2.24) is 5.32 Å². The van der Waals surface area contributed by atoms with Gasteiger partial charge in [-0.25, -0.2) is 0 Å². The first-order chi connectivity index (χ1) is 6.74. The van der Waals surface area contributed by atoms with Crippen LogP contribution in [0.2, 0.25) is 0 Å². The zero-order valence-electron chi connectivity index (χ0n) is 9.05. The summed E-state index contributed by atoms with van der Waals surface area (Å²) in [5, 5.41) is 5.54. The molecule has 14 heavy (non-hydrogen) atoms. The van der Waals surface area contributed by atoms with Crippen LogP contribution in [0.4, 0.5) is 5.69 Å². The van der Waals surface area contributed by atoms with Gasteiger partial charge in [0.05, 0.1) is 0 Å². The molecule has 0 aliphatic rings. The summed E-state index contributed by atoms with van der Waals surface area (Å²) in [5.41, 5.74) is 6.72. The van der Waals surface area contributed by atoms with Crippen molar-refractivity contribution in [3.63, 3.8) is 0 Å². The van der Waals surface area contributed by atoms with Crippen LogP contribution in [-0.4, -0.2) is 6.04 Å². The van der Waals surface area contributed by atoms with E-state index in [1.165, 1.54) is 24.1 Å². The maximum absolute atomic E-state index is 5.80. The highest BCUT2D eigenvalue weighted by Crippen LogP contribution is 2.18. The molecular formula is C11H20N2S. The van der Waals surface area contributed by atoms with Gasteiger partial charge in [-0.05, 0) is 24.8 Å². The summed E-state index contributed by atoms with van der Waals surface area (Å²) in [5.74, 6) is 0. The fraction of sp³-hybridized carbons (Fsp3) is 0.636. The van der Waals surface area contributed by atoms with Crippen LogP contribution in [0.3, 0.4) is 0 Å². The van der Waals surface area contributed by atoms with Crippen molar-refractivity contribution in [3.8, 4) is 0 Å². The van der Waals surface area contributed by atoms with Crippen molar-refractivity contribution in [1.29, 1.82) is 0 Å². The topological polar surface area (TPSA) is 38.0 Å². The van der Waals surface area contributed by atoms with Crippen LogP contribution in [0.25, 0.3) is 0 Å². The van der Waals surface area contributed by atoms with Crippen LogP contribution >= 0.6 is 11.3 Å². The van der Waals surface area contributed by atoms with Crippen molar-refractivity contribution >= 4 is 17.0 Å². The van der Waals surface area contributed by atoms with Crippen LogP contribution in [0.5, 0.6) is 0 Å². The van der Waals surface area contributed by atoms with Crippen LogP contribution in [0, 0.1) is 0 Å². The summed E-state index contributed by atoms with van der Waals surface area (Å²) < 4.78 is 0. The van der Waals surface area contributed by atoms with Crippen molar-refractivity contribution in [2.75, 3.05) is 5.73 Å². The molecule has 1 unspecified atom stereocenters. The number of hydrogen-bond donors (Lipinski definition) is 2. The monoisotopic (exact) mass is 212 g/mol. The minimum atomic E-state index is 0.594. The van der Waals surface area contributed by atoms with Gasteiger partial charge in [-0.15, -0.1) is 11.3 Å². The van der Waals surface area contributed by atoms with Gasteiger partial charge in [-0.2, -0.15) is 0 Å². The number of nitrogens with one attached hydrogen (secondary N) is 1. The van der Waals surface area contributed by atoms with Gasteiger partial charge in [0, 0.05) is 23.2 Å². The Kier molecular flexibility index (Phi) is 4.98. The predicted molar refractivity (Wildman–Crippen MR) is 64.6 cm³/mol. The second-order valence-electron chi connectivity index (χ2n) is 3.72. The van der Waals surface area contributed by atoms with Gasteiger partial charge in [-0.3, -0.25) is 0 Å². The van der Waals surface area contributed by atoms with E-state index in [0.717, 1.165) is 12.2 Å². The first-order valence-electron chi connectivity index (χ1n) is 5.29. The van der Waals surface area contributed by atoms with E-state index >= 15 is 0 Å². The number of hydrogen-bond acceptors (Lipinski definition) is 3. The second-order valence-corrected chi connectivity index (χ2v) is 4.72. The molecule has 1 aromatic heterocycles. The van der Waals surface area contributed by atoms with E-state index in [0.29, 0.717) is 6.04 Å². The molecule has 1 rings (SSSR count). The lowest BCUT2D eigenvalue weighted by atomic mass is 10.1. The van der Waals surface area contributed by atoms with Crippen molar-refractivity contribution in [2.24, 2.45) is 0 Å². The van der Waals surface area contributed by atoms with Crippen molar-refractivity contribution in [3.05, 3.63) is 16.3 Å². The second kappa shape index (κ2) is 6.04. The third-order valence-electron chi connectivity index (χ3n) is 2.38. The normalized spacial score (nSPS) is 13.0. The lowest BCUT2D eigenvalue weighted by molar-refractivity contribution is 0.497. The van der Waals surface area contributed by atoms with Crippen LogP contribution in [0.15, 0.2) is 11.4 Å². The molecule has 0 saturated heterocycles. The molecule has 0 spiro atoms. The minimum Gasteiger partial charge on any atom is -0.398 e. The third-order valence-corrected chi connectivity index (χ3v) is 3.32. The number of nitrogen functional groups attached to an aromatic ring is 1. The molecule has 0 saturated carbocycles. The summed E-state index contributed by atoms with van der Waals surface area (Å²) in [6.07, 6.45) is 3.82. The standard InChI is InChI=1S/C11H20N2S/c1-3-4-5-9(2)13-8-11-10(12)6-7-14-11/h6-7,9,13H,3-5,8,12H2,1-2H3. The highest BCUT2D eigenvalue weighted by Gasteiger charge is 2.03. The Bertz CT molecular complexity index is 258. The van der Waals surface area contributed by atoms with Crippen LogP contribution in [0.1, 0.15) is 38.0 Å². The van der Waals surface area contributed by atoms with E-state index in [9.17, 15) is 0 Å². The van der Waals surface area contributed by atoms with Gasteiger partial charge in [0.2, 0.25) is 0 Å². The molecule has 0 fully saturated rings. The molecule has 0 aliphatic heterocycles. The predicted octanol–water partition coefficient (Wildman–Crippen LogP) is 3.00. The van der Waals surface area contributed by atoms with Crippen LogP contribution < -0.4 is 11.1 Å². The SMILES string of the molecule is CCCCC(C)NCc1sccc1N. The van der Waals surface area contributed by atoms with E-state index in [1.807, 2.05) is 11.4 Å². The van der Waals surface area contributed by atoms with Crippen molar-refractivity contribution < 1.29 is 0 Å². The molecular weight excluding hydrogens is 192 g/mol. The van der Waals surface area contributed by atoms with Crippen molar-refractivity contribution in [2.45, 2.75) is 45.7 Å². The quantitative estimate of drug-likeness (QED) is 0.760. The largest absolute Gasteiger partial charge is 0.398 e. The Morgan fingerprint density at radius 3 is 2.93 bits per heavy atom. The molecule has 1 aromatic rings. The van der Waals surface area contributed by atoms with Gasteiger partial charge in [0.15, 0.2) is 0 Å². The molecule has 3 heteroatoms. The van der Waals surface area contributed by atoms with E-state index in [1.54, 1.807) is 11.3 Å². The number of rotatable bonds is 6. The smallest absolute Gasteiger partial charge is 0.0468 e. The first-order valence-corrected chi connectivity index (χ1v) is 6.17. The fourth-order valence-corrected chi connectivity index (χ4v) is 2.12. The van der Waals surface area contributed by atoms with Gasteiger partial charge < -0.3 is 11.1 Å². The Balaban J connectivity index is 2.23. The van der Waals surface area contributed by atoms with Gasteiger partial charge in [-0.1, -0.05) is 19.8 Å². The molecule has 1 heterocycles. The number of thiophene rings is 1. The minimum absolute atomic E-state index is 0.594. The highest BCUT2D eigenvalue weighted by atomic mass is 32.1. The van der Waals surface area contributed by atoms with Gasteiger partial charge >= 0.3 is 0 Å². The number of anilines is 1. The van der Waals surface area contributed by atoms with Gasteiger partial charge in [0.1, 0.15) is 0 Å². The van der Waals surface area contributed by atoms with Crippen LogP contribution in [-0.2, 0) is 6.54 Å². The molecule has 80 valence electrons. The maximum atomic E-state index is 5.80. The Morgan fingerprint density at radius 1 is 1.57 bits per heavy atom. The van der Waals surface area contributed by atoms with E-state index in [2.05, 4.69) is 19.2 Å². The number of unbranched alkanes of at least 4 members (excludes halogenated alkanes) is 1. The Hall–Kier alpha value is -0.540. The van der Waals surface area contributed by atoms with E-state index in [-0.39, 0.29) is 0 Å². The lowest BCUT2D eigenvalue weighted by Gasteiger charge is -2.12. The molecule has 0 aliphatic carbocycles. The fourth-order valence-electron chi connectivity index (χ4n) is 1.37. The Morgan fingerprint density at radius 2 is 2.36 bits per heavy atom. The summed E-state index contributed by atoms with van der Waals surface area (Å²) in [6.45, 7) is 5.37. The molecule has 0 amide bonds. The average Bonchev–Trinajstić information content (AvgIpc) is 2.58. The van der Waals surface area contributed by atoms with E-state index < -0.39 is 0 Å². The lowest BCUT2D eigenvalue weighted by Crippen LogP contribution is -2.25. The summed E-state index contributed by atoms with van der Waals surface area (Å²) in [7, 11) is 0. The summed E-state index contributed by atoms with van der Waals surface area (Å²) in [4.78, 5) is 1.26. The zero-order chi connectivity index (χ0) is 10.4. The summed E-state index contributed by atoms with van der Waals surface area (Å²) in [6, 6.07) is 2.56. The number of nitrogens with two attached hydrogens (primary N) is 1. The van der Waals surface area contributed by atoms with Gasteiger partial charge in [0.25, 0.3) is 0 Å². The third kappa shape index (κ3) is 3.68. The maximum Gasteiger partial charge on any atom is 0.0468 e. The molecule has 0 radical (unpaired) electrons.